The number of aryl methyl sites for hydroxylation is 2. The molecule has 2 aromatic rings. The Hall–Kier alpha value is -2.43. The fraction of sp³-hybridized carbons (Fsp3) is 0.615. The maximum Gasteiger partial charge on any atom is 0.409 e. The van der Waals surface area contributed by atoms with E-state index >= 15 is 0 Å². The van der Waals surface area contributed by atoms with Gasteiger partial charge in [-0.15, -0.1) is 0 Å². The molecule has 0 saturated carbocycles. The number of hydrogen-bond acceptors (Lipinski definition) is 7. The summed E-state index contributed by atoms with van der Waals surface area (Å²) in [6.45, 7) is 9.67. The van der Waals surface area contributed by atoms with Gasteiger partial charge in [0, 0.05) is 37.6 Å². The highest BCUT2D eigenvalue weighted by atomic mass is 32.2. The van der Waals surface area contributed by atoms with Crippen LogP contribution in [0, 0.1) is 13.8 Å². The van der Waals surface area contributed by atoms with Crippen LogP contribution in [0.4, 0.5) is 4.79 Å². The SMILES string of the molecule is CCOC(=O)N1CCC(N2CCC3(CC2)CN(S(=O)(=O)c2c(C)noc2C)Cc2ccccc23)CC1. The van der Waals surface area contributed by atoms with Crippen LogP contribution in [0.3, 0.4) is 0 Å². The van der Waals surface area contributed by atoms with Gasteiger partial charge in [0.25, 0.3) is 0 Å². The zero-order valence-corrected chi connectivity index (χ0v) is 22.2. The molecule has 0 N–H and O–H groups in total. The van der Waals surface area contributed by atoms with Crippen molar-refractivity contribution < 1.29 is 22.5 Å². The van der Waals surface area contributed by atoms with E-state index in [1.807, 2.05) is 13.0 Å². The van der Waals surface area contributed by atoms with Crippen LogP contribution in [0.25, 0.3) is 0 Å². The Kier molecular flexibility index (Phi) is 6.86. The molecule has 0 aliphatic carbocycles. The second kappa shape index (κ2) is 9.79. The van der Waals surface area contributed by atoms with Gasteiger partial charge < -0.3 is 19.1 Å². The van der Waals surface area contributed by atoms with Crippen LogP contribution in [0.15, 0.2) is 33.7 Å². The first-order chi connectivity index (χ1) is 17.2. The van der Waals surface area contributed by atoms with Crippen LogP contribution in [0.5, 0.6) is 0 Å². The summed E-state index contributed by atoms with van der Waals surface area (Å²) in [5.41, 5.74) is 2.55. The first-order valence-corrected chi connectivity index (χ1v) is 14.4. The highest BCUT2D eigenvalue weighted by Crippen LogP contribution is 2.44. The molecule has 9 nitrogen and oxygen atoms in total. The molecule has 1 aromatic heterocycles. The Morgan fingerprint density at radius 2 is 1.83 bits per heavy atom. The standard InChI is InChI=1S/C26H36N4O5S/c1-4-34-25(31)29-13-9-22(10-14-29)28-15-11-26(12-16-28)18-30(17-21-7-5-6-8-23(21)26)36(32,33)24-19(2)27-35-20(24)3/h5-8,22H,4,9-18H2,1-3H3. The minimum Gasteiger partial charge on any atom is -0.450 e. The smallest absolute Gasteiger partial charge is 0.409 e. The Labute approximate surface area is 213 Å². The van der Waals surface area contributed by atoms with Crippen LogP contribution < -0.4 is 0 Å². The minimum atomic E-state index is -3.74. The van der Waals surface area contributed by atoms with Crippen LogP contribution in [-0.2, 0) is 26.7 Å². The Morgan fingerprint density at radius 3 is 2.47 bits per heavy atom. The number of sulfonamides is 1. The number of aromatic nitrogens is 1. The lowest BCUT2D eigenvalue weighted by atomic mass is 9.69. The van der Waals surface area contributed by atoms with Gasteiger partial charge in [0.05, 0.1) is 6.61 Å². The number of hydrogen-bond donors (Lipinski definition) is 0. The van der Waals surface area contributed by atoms with E-state index in [-0.39, 0.29) is 16.4 Å². The second-order valence-electron chi connectivity index (χ2n) is 10.3. The monoisotopic (exact) mass is 516 g/mol. The lowest BCUT2D eigenvalue weighted by molar-refractivity contribution is 0.0506. The van der Waals surface area contributed by atoms with E-state index in [0.29, 0.717) is 37.2 Å². The number of benzene rings is 1. The van der Waals surface area contributed by atoms with E-state index in [2.05, 4.69) is 28.3 Å². The van der Waals surface area contributed by atoms with Gasteiger partial charge in [-0.3, -0.25) is 0 Å². The second-order valence-corrected chi connectivity index (χ2v) is 12.2. The topological polar surface area (TPSA) is 96.2 Å². The number of likely N-dealkylation sites (tertiary alicyclic amines) is 2. The number of piperidine rings is 2. The molecule has 0 atom stereocenters. The van der Waals surface area contributed by atoms with Crippen molar-refractivity contribution >= 4 is 16.1 Å². The molecule has 3 aliphatic rings. The summed E-state index contributed by atoms with van der Waals surface area (Å²) in [5.74, 6) is 0.337. The molecule has 3 aliphatic heterocycles. The lowest BCUT2D eigenvalue weighted by Crippen LogP contribution is -2.56. The minimum absolute atomic E-state index is 0.197. The first-order valence-electron chi connectivity index (χ1n) is 12.9. The maximum atomic E-state index is 13.7. The summed E-state index contributed by atoms with van der Waals surface area (Å²) in [7, 11) is -3.74. The third kappa shape index (κ3) is 4.43. The maximum absolute atomic E-state index is 13.7. The number of nitrogens with zero attached hydrogens (tertiary/aromatic N) is 4. The van der Waals surface area contributed by atoms with Crippen LogP contribution in [-0.4, -0.2) is 79.1 Å². The van der Waals surface area contributed by atoms with Gasteiger partial charge in [-0.25, -0.2) is 13.2 Å². The van der Waals surface area contributed by atoms with Gasteiger partial charge in [0.2, 0.25) is 10.0 Å². The molecule has 196 valence electrons. The van der Waals surface area contributed by atoms with E-state index in [9.17, 15) is 13.2 Å². The molecule has 10 heteroatoms. The molecule has 2 saturated heterocycles. The normalized spacial score (nSPS) is 21.5. The Balaban J connectivity index is 1.33. The molecule has 0 bridgehead atoms. The van der Waals surface area contributed by atoms with Gasteiger partial charge in [-0.2, -0.15) is 4.31 Å². The fourth-order valence-corrected chi connectivity index (χ4v) is 8.15. The highest BCUT2D eigenvalue weighted by molar-refractivity contribution is 7.89. The summed E-state index contributed by atoms with van der Waals surface area (Å²) < 4.78 is 39.5. The van der Waals surface area contributed by atoms with E-state index in [4.69, 9.17) is 9.26 Å². The number of carbonyl (C=O) groups excluding carboxylic acids is 1. The molecule has 1 aromatic carbocycles. The number of rotatable bonds is 4. The number of carbonyl (C=O) groups is 1. The number of ether oxygens (including phenoxy) is 1. The predicted molar refractivity (Wildman–Crippen MR) is 134 cm³/mol. The molecule has 1 amide bonds. The van der Waals surface area contributed by atoms with Crippen molar-refractivity contribution in [1.82, 2.24) is 19.3 Å². The van der Waals surface area contributed by atoms with Gasteiger partial charge in [0.15, 0.2) is 5.76 Å². The van der Waals surface area contributed by atoms with Crippen molar-refractivity contribution in [1.29, 1.82) is 0 Å². The van der Waals surface area contributed by atoms with Crippen molar-refractivity contribution in [3.05, 3.63) is 46.8 Å². The quantitative estimate of drug-likeness (QED) is 0.614. The zero-order valence-electron chi connectivity index (χ0n) is 21.4. The molecule has 0 unspecified atom stereocenters. The van der Waals surface area contributed by atoms with E-state index in [0.717, 1.165) is 57.4 Å². The van der Waals surface area contributed by atoms with E-state index < -0.39 is 10.0 Å². The van der Waals surface area contributed by atoms with E-state index in [1.54, 1.807) is 23.1 Å². The average Bonchev–Trinajstić information content (AvgIpc) is 3.23. The summed E-state index contributed by atoms with van der Waals surface area (Å²) in [4.78, 5) is 16.6. The van der Waals surface area contributed by atoms with Crippen molar-refractivity contribution in [2.24, 2.45) is 0 Å². The van der Waals surface area contributed by atoms with Crippen molar-refractivity contribution in [2.75, 3.05) is 39.3 Å². The summed E-state index contributed by atoms with van der Waals surface area (Å²) >= 11 is 0. The molecule has 36 heavy (non-hydrogen) atoms. The molecule has 5 rings (SSSR count). The Morgan fingerprint density at radius 1 is 1.14 bits per heavy atom. The van der Waals surface area contributed by atoms with Crippen molar-refractivity contribution in [2.45, 2.75) is 69.4 Å². The van der Waals surface area contributed by atoms with Gasteiger partial charge >= 0.3 is 6.09 Å². The summed E-state index contributed by atoms with van der Waals surface area (Å²) in [6.07, 6.45) is 3.46. The molecular weight excluding hydrogens is 480 g/mol. The van der Waals surface area contributed by atoms with Crippen LogP contribution in [0.2, 0.25) is 0 Å². The molecular formula is C26H36N4O5S. The largest absolute Gasteiger partial charge is 0.450 e. The fourth-order valence-electron chi connectivity index (χ4n) is 6.36. The number of amides is 1. The highest BCUT2D eigenvalue weighted by Gasteiger charge is 2.46. The zero-order chi connectivity index (χ0) is 25.5. The first kappa shape index (κ1) is 25.2. The molecule has 0 radical (unpaired) electrons. The average molecular weight is 517 g/mol. The summed E-state index contributed by atoms with van der Waals surface area (Å²) in [6, 6.07) is 8.74. The summed E-state index contributed by atoms with van der Waals surface area (Å²) in [5, 5.41) is 3.89. The molecule has 2 fully saturated rings. The van der Waals surface area contributed by atoms with Gasteiger partial charge in [-0.1, -0.05) is 29.4 Å². The van der Waals surface area contributed by atoms with Crippen molar-refractivity contribution in [3.63, 3.8) is 0 Å². The third-order valence-corrected chi connectivity index (χ3v) is 10.3. The number of fused-ring (bicyclic) bond motifs is 2. The van der Waals surface area contributed by atoms with Crippen molar-refractivity contribution in [3.8, 4) is 0 Å². The van der Waals surface area contributed by atoms with Crippen LogP contribution >= 0.6 is 0 Å². The molecule has 4 heterocycles. The van der Waals surface area contributed by atoms with Crippen LogP contribution in [0.1, 0.15) is 55.2 Å². The Bertz CT molecular complexity index is 1190. The van der Waals surface area contributed by atoms with Gasteiger partial charge in [-0.05, 0) is 70.7 Å². The van der Waals surface area contributed by atoms with E-state index in [1.165, 1.54) is 5.56 Å². The third-order valence-electron chi connectivity index (χ3n) is 8.24. The predicted octanol–water partition coefficient (Wildman–Crippen LogP) is 3.45. The molecule has 1 spiro atoms. The lowest BCUT2D eigenvalue weighted by Gasteiger charge is -2.50. The van der Waals surface area contributed by atoms with Gasteiger partial charge in [0.1, 0.15) is 10.6 Å².